The van der Waals surface area contributed by atoms with Crippen molar-refractivity contribution < 1.29 is 166 Å². The van der Waals surface area contributed by atoms with Crippen LogP contribution < -0.4 is 0 Å². The van der Waals surface area contributed by atoms with Crippen LogP contribution in [0.3, 0.4) is 0 Å². The standard InChI is InChI=1S/2In.13O.2W.2Zr/q2*+3;13*-2;2*+6;2*+4. The Hall–Kier alpha value is 4.36. The summed E-state index contributed by atoms with van der Waals surface area (Å²) in [5.74, 6) is 0. The number of hydrogen-bond donors (Lipinski definition) is 0. The second-order valence-electron chi connectivity index (χ2n) is 0. The molecule has 0 saturated heterocycles. The fourth-order valence-electron chi connectivity index (χ4n) is 0. The molecule has 0 amide bonds. The van der Waals surface area contributed by atoms with Gasteiger partial charge >= 0.3 is 146 Å². The van der Waals surface area contributed by atoms with Crippen molar-refractivity contribution in [3.8, 4) is 0 Å². The van der Waals surface area contributed by atoms with Crippen molar-refractivity contribution in [1.29, 1.82) is 0 Å². The Morgan fingerprint density at radius 1 is 0.211 bits per heavy atom. The molecule has 0 aromatic heterocycles. The van der Waals surface area contributed by atoms with Gasteiger partial charge in [-0.05, 0) is 0 Å². The topological polar surface area (TPSA) is 370 Å². The van der Waals surface area contributed by atoms with Gasteiger partial charge in [0.15, 0.2) is 0 Å². The van der Waals surface area contributed by atoms with Crippen molar-refractivity contribution in [2.45, 2.75) is 0 Å². The van der Waals surface area contributed by atoms with E-state index in [1.807, 2.05) is 0 Å². The average Bonchev–Trinajstić information content (AvgIpc) is 0. The Balaban J connectivity index is 0. The van der Waals surface area contributed by atoms with Crippen molar-refractivity contribution in [2.75, 3.05) is 0 Å². The van der Waals surface area contributed by atoms with Crippen LogP contribution in [-0.4, -0.2) is 51.7 Å². The maximum absolute atomic E-state index is 0. The molecule has 0 bridgehead atoms. The first-order chi connectivity index (χ1) is 0. The van der Waals surface area contributed by atoms with Crippen molar-refractivity contribution in [3.63, 3.8) is 0 Å². The Morgan fingerprint density at radius 2 is 0.211 bits per heavy atom. The summed E-state index contributed by atoms with van der Waals surface area (Å²) in [6.45, 7) is 0. The smallest absolute Gasteiger partial charge is 2.00 e. The van der Waals surface area contributed by atoms with E-state index in [-0.39, 0.29) is 217 Å². The summed E-state index contributed by atoms with van der Waals surface area (Å²) in [5, 5.41) is 0. The molecule has 0 aliphatic heterocycles. The van der Waals surface area contributed by atoms with Crippen molar-refractivity contribution in [1.82, 2.24) is 0 Å². The molecule has 0 aliphatic carbocycles. The van der Waals surface area contributed by atoms with E-state index in [0.717, 1.165) is 0 Å². The minimum absolute atomic E-state index is 0. The molecule has 0 heterocycles. The predicted molar refractivity (Wildman–Crippen MR) is 20.4 cm³/mol. The minimum Gasteiger partial charge on any atom is -2.00 e. The van der Waals surface area contributed by atoms with Crippen molar-refractivity contribution >= 4 is 51.7 Å². The third-order valence-electron chi connectivity index (χ3n) is 0. The fraction of sp³-hybridized carbons (Fsp3) is 0. The van der Waals surface area contributed by atoms with E-state index in [0.29, 0.717) is 0 Å². The van der Waals surface area contributed by atoms with Crippen LogP contribution in [0, 0.1) is 0 Å². The summed E-state index contributed by atoms with van der Waals surface area (Å²) >= 11 is 0. The van der Waals surface area contributed by atoms with Crippen LogP contribution >= 0.6 is 0 Å². The third-order valence-corrected chi connectivity index (χ3v) is 0. The summed E-state index contributed by atoms with van der Waals surface area (Å²) in [4.78, 5) is 0. The molecule has 19 heavy (non-hydrogen) atoms. The van der Waals surface area contributed by atoms with Crippen LogP contribution in [-0.2, 0) is 166 Å². The van der Waals surface area contributed by atoms with Crippen LogP contribution in [0.1, 0.15) is 0 Å². The number of hydrogen-bond acceptors (Lipinski definition) is 0. The van der Waals surface area contributed by atoms with Crippen LogP contribution in [0.4, 0.5) is 0 Å². The van der Waals surface area contributed by atoms with Crippen LogP contribution in [0.25, 0.3) is 0 Å². The second-order valence-corrected chi connectivity index (χ2v) is 0. The van der Waals surface area contributed by atoms with Crippen molar-refractivity contribution in [3.05, 3.63) is 0 Å². The molecule has 13 nitrogen and oxygen atoms in total. The van der Waals surface area contributed by atoms with E-state index in [1.165, 1.54) is 0 Å². The summed E-state index contributed by atoms with van der Waals surface area (Å²) in [5.41, 5.74) is 0. The van der Waals surface area contributed by atoms with E-state index in [4.69, 9.17) is 0 Å². The summed E-state index contributed by atoms with van der Waals surface area (Å²) in [6.07, 6.45) is 0. The molecule has 0 saturated carbocycles. The molecule has 0 aliphatic rings. The van der Waals surface area contributed by atoms with Gasteiger partial charge in [0.2, 0.25) is 0 Å². The zero-order valence-corrected chi connectivity index (χ0v) is 25.7. The van der Waals surface area contributed by atoms with Gasteiger partial charge in [-0.3, -0.25) is 0 Å². The van der Waals surface area contributed by atoms with E-state index in [1.54, 1.807) is 0 Å². The fourth-order valence-corrected chi connectivity index (χ4v) is 0. The van der Waals surface area contributed by atoms with Crippen LogP contribution in [0.2, 0.25) is 0 Å². The molecule has 0 radical (unpaired) electrons. The molecule has 19 heteroatoms. The largest absolute Gasteiger partial charge is 6.00 e. The molecule has 0 fully saturated rings. The molecule has 0 rings (SSSR count). The first kappa shape index (κ1) is 614. The van der Waals surface area contributed by atoms with Crippen LogP contribution in [0.15, 0.2) is 0 Å². The zero-order chi connectivity index (χ0) is 0. The first-order valence-corrected chi connectivity index (χ1v) is 0. The van der Waals surface area contributed by atoms with Gasteiger partial charge in [-0.15, -0.1) is 0 Å². The number of rotatable bonds is 0. The molecule has 0 aromatic carbocycles. The third kappa shape index (κ3) is 487. The summed E-state index contributed by atoms with van der Waals surface area (Å²) < 4.78 is 0. The van der Waals surface area contributed by atoms with Gasteiger partial charge in [-0.25, -0.2) is 0 Å². The molecule has 104 valence electrons. The zero-order valence-electron chi connectivity index (χ0n) is 8.28. The Kier molecular flexibility index (Phi) is 17300. The predicted octanol–water partition coefficient (Wildman–Crippen LogP) is -2.32. The van der Waals surface area contributed by atoms with Gasteiger partial charge in [0.05, 0.1) is 0 Å². The molecule has 0 atom stereocenters. The molecular weight excluding hydrogens is 988 g/mol. The Bertz CT molecular complexity index is 26.6. The maximum atomic E-state index is 0. The van der Waals surface area contributed by atoms with E-state index in [9.17, 15) is 0 Å². The van der Waals surface area contributed by atoms with Gasteiger partial charge in [-0.2, -0.15) is 0 Å². The van der Waals surface area contributed by atoms with Gasteiger partial charge < -0.3 is 71.2 Å². The second kappa shape index (κ2) is 536. The van der Waals surface area contributed by atoms with E-state index in [2.05, 4.69) is 0 Å². The Morgan fingerprint density at radius 3 is 0.211 bits per heavy atom. The van der Waals surface area contributed by atoms with E-state index >= 15 is 0 Å². The minimum atomic E-state index is 0. The van der Waals surface area contributed by atoms with Gasteiger partial charge in [0.1, 0.15) is 0 Å². The molecular formula is In2O13W2Zr2. The molecule has 0 N–H and O–H groups in total. The maximum Gasteiger partial charge on any atom is 6.00 e. The normalized spacial score (nSPS) is 0. The first-order valence-electron chi connectivity index (χ1n) is 0. The monoisotopic (exact) mass is 985 g/mol. The average molecular weight is 988 g/mol. The van der Waals surface area contributed by atoms with Crippen molar-refractivity contribution in [2.24, 2.45) is 0 Å². The Labute approximate surface area is 214 Å². The van der Waals surface area contributed by atoms with Crippen LogP contribution in [0.5, 0.6) is 0 Å². The van der Waals surface area contributed by atoms with Gasteiger partial charge in [0.25, 0.3) is 0 Å². The van der Waals surface area contributed by atoms with Gasteiger partial charge in [0, 0.05) is 0 Å². The summed E-state index contributed by atoms with van der Waals surface area (Å²) in [6, 6.07) is 0. The molecule has 0 spiro atoms. The SMILES string of the molecule is [In+3].[In+3].[O-2].[O-2].[O-2].[O-2].[O-2].[O-2].[O-2].[O-2].[O-2].[O-2].[O-2].[O-2].[O-2].[W+6].[W+6].[Zr+4].[Zr+4]. The quantitative estimate of drug-likeness (QED) is 0.247. The summed E-state index contributed by atoms with van der Waals surface area (Å²) in [7, 11) is 0. The van der Waals surface area contributed by atoms with E-state index < -0.39 is 0 Å². The molecule has 0 aromatic rings. The molecule has 0 unspecified atom stereocenters. The van der Waals surface area contributed by atoms with Gasteiger partial charge in [-0.1, -0.05) is 0 Å².